The molecule has 1 aliphatic heterocycles. The molecule has 0 aromatic heterocycles. The fourth-order valence-electron chi connectivity index (χ4n) is 0.569. The lowest BCUT2D eigenvalue weighted by molar-refractivity contribution is 0.293. The fraction of sp³-hybridized carbons (Fsp3) is 0.286. The molecule has 0 spiro atoms. The van der Waals surface area contributed by atoms with E-state index < -0.39 is 0 Å². The van der Waals surface area contributed by atoms with Gasteiger partial charge in [0.05, 0.1) is 0 Å². The second kappa shape index (κ2) is 2.39. The summed E-state index contributed by atoms with van der Waals surface area (Å²) in [6.07, 6.45) is 3.96. The zero-order chi connectivity index (χ0) is 5.82. The summed E-state index contributed by atoms with van der Waals surface area (Å²) in [5.74, 6) is 0. The number of hydrogen-bond acceptors (Lipinski definition) is 1. The Bertz CT molecular complexity index is 150. The lowest BCUT2D eigenvalue weighted by Gasteiger charge is -1.91. The molecule has 1 heterocycles. The molecule has 0 aromatic carbocycles. The molecule has 0 atom stereocenters. The SMILES string of the molecule is [CH]=CCC1=C=COC1. The zero-order valence-electron chi connectivity index (χ0n) is 4.55. The van der Waals surface area contributed by atoms with Gasteiger partial charge in [-0.1, -0.05) is 18.4 Å². The maximum Gasteiger partial charge on any atom is 0.126 e. The maximum atomic E-state index is 5.15. The van der Waals surface area contributed by atoms with E-state index in [0.717, 1.165) is 12.0 Å². The van der Waals surface area contributed by atoms with Crippen LogP contribution < -0.4 is 0 Å². The monoisotopic (exact) mass is 107 g/mol. The third kappa shape index (κ3) is 1.02. The molecule has 0 saturated carbocycles. The quantitative estimate of drug-likeness (QED) is 0.485. The molecule has 41 valence electrons. The van der Waals surface area contributed by atoms with E-state index in [9.17, 15) is 0 Å². The van der Waals surface area contributed by atoms with Crippen LogP contribution in [0, 0.1) is 6.58 Å². The minimum atomic E-state index is 0.660. The predicted molar refractivity (Wildman–Crippen MR) is 31.0 cm³/mol. The first-order valence-corrected chi connectivity index (χ1v) is 2.51. The lowest BCUT2D eigenvalue weighted by atomic mass is 10.2. The first-order chi connectivity index (χ1) is 3.93. The van der Waals surface area contributed by atoms with Crippen molar-refractivity contribution < 1.29 is 4.74 Å². The van der Waals surface area contributed by atoms with Gasteiger partial charge >= 0.3 is 0 Å². The van der Waals surface area contributed by atoms with Crippen LogP contribution in [0.4, 0.5) is 0 Å². The van der Waals surface area contributed by atoms with Gasteiger partial charge in [0.1, 0.15) is 12.9 Å². The normalized spacial score (nSPS) is 15.2. The smallest absolute Gasteiger partial charge is 0.126 e. The Kier molecular flexibility index (Phi) is 1.55. The summed E-state index contributed by atoms with van der Waals surface area (Å²) in [5, 5.41) is 0. The average molecular weight is 107 g/mol. The molecule has 0 unspecified atom stereocenters. The molecular formula is C7H7O. The van der Waals surface area contributed by atoms with E-state index in [1.807, 2.05) is 0 Å². The Morgan fingerprint density at radius 3 is 3.38 bits per heavy atom. The molecule has 0 aromatic rings. The van der Waals surface area contributed by atoms with Crippen LogP contribution in [0.2, 0.25) is 0 Å². The van der Waals surface area contributed by atoms with Crippen molar-refractivity contribution in [2.75, 3.05) is 6.61 Å². The largest absolute Gasteiger partial charge is 0.488 e. The molecule has 8 heavy (non-hydrogen) atoms. The van der Waals surface area contributed by atoms with Gasteiger partial charge in [-0.2, -0.15) is 0 Å². The van der Waals surface area contributed by atoms with E-state index in [1.54, 1.807) is 12.3 Å². The lowest BCUT2D eigenvalue weighted by Crippen LogP contribution is -1.84. The molecule has 1 heteroatoms. The second-order valence-corrected chi connectivity index (χ2v) is 1.62. The van der Waals surface area contributed by atoms with Gasteiger partial charge < -0.3 is 4.74 Å². The molecule has 1 radical (unpaired) electrons. The molecule has 1 rings (SSSR count). The first kappa shape index (κ1) is 5.20. The van der Waals surface area contributed by atoms with Crippen molar-refractivity contribution in [3.8, 4) is 0 Å². The van der Waals surface area contributed by atoms with Crippen molar-refractivity contribution in [1.82, 2.24) is 0 Å². The van der Waals surface area contributed by atoms with Gasteiger partial charge in [-0.15, -0.1) is 0 Å². The summed E-state index contributed by atoms with van der Waals surface area (Å²) in [7, 11) is 0. The van der Waals surface area contributed by atoms with E-state index >= 15 is 0 Å². The molecule has 0 saturated heterocycles. The van der Waals surface area contributed by atoms with Gasteiger partial charge in [-0.25, -0.2) is 0 Å². The van der Waals surface area contributed by atoms with Crippen molar-refractivity contribution in [2.24, 2.45) is 0 Å². The highest BCUT2D eigenvalue weighted by molar-refractivity contribution is 5.08. The topological polar surface area (TPSA) is 9.23 Å². The van der Waals surface area contributed by atoms with Crippen LogP contribution in [0.15, 0.2) is 23.6 Å². The Hall–Kier alpha value is -0.940. The highest BCUT2D eigenvalue weighted by Gasteiger charge is 1.96. The van der Waals surface area contributed by atoms with Gasteiger partial charge in [0.2, 0.25) is 0 Å². The van der Waals surface area contributed by atoms with E-state index in [-0.39, 0.29) is 0 Å². The minimum Gasteiger partial charge on any atom is -0.488 e. The molecule has 0 bridgehead atoms. The summed E-state index contributed by atoms with van der Waals surface area (Å²) < 4.78 is 4.86. The first-order valence-electron chi connectivity index (χ1n) is 2.51. The van der Waals surface area contributed by atoms with Crippen molar-refractivity contribution in [1.29, 1.82) is 0 Å². The van der Waals surface area contributed by atoms with Crippen molar-refractivity contribution in [3.63, 3.8) is 0 Å². The van der Waals surface area contributed by atoms with Crippen LogP contribution in [-0.2, 0) is 4.74 Å². The van der Waals surface area contributed by atoms with Crippen LogP contribution in [0.3, 0.4) is 0 Å². The van der Waals surface area contributed by atoms with Gasteiger partial charge in [0, 0.05) is 5.57 Å². The number of rotatable bonds is 2. The third-order valence-electron chi connectivity index (χ3n) is 0.968. The molecule has 0 aliphatic carbocycles. The Morgan fingerprint density at radius 2 is 2.88 bits per heavy atom. The van der Waals surface area contributed by atoms with Gasteiger partial charge in [-0.05, 0) is 6.42 Å². The Morgan fingerprint density at radius 1 is 2.00 bits per heavy atom. The van der Waals surface area contributed by atoms with Gasteiger partial charge in [0.25, 0.3) is 0 Å². The highest BCUT2D eigenvalue weighted by Crippen LogP contribution is 2.05. The van der Waals surface area contributed by atoms with E-state index in [1.165, 1.54) is 0 Å². The number of ether oxygens (including phenoxy) is 1. The minimum absolute atomic E-state index is 0.660. The molecular weight excluding hydrogens is 100 g/mol. The number of allylic oxidation sites excluding steroid dienone is 1. The maximum absolute atomic E-state index is 5.15. The van der Waals surface area contributed by atoms with Crippen LogP contribution in [0.5, 0.6) is 0 Å². The van der Waals surface area contributed by atoms with Crippen LogP contribution >= 0.6 is 0 Å². The van der Waals surface area contributed by atoms with Crippen molar-refractivity contribution in [3.05, 3.63) is 30.2 Å². The summed E-state index contributed by atoms with van der Waals surface area (Å²) >= 11 is 0. The molecule has 0 fully saturated rings. The standard InChI is InChI=1S/C7H7O/c1-2-3-7-4-5-8-6-7/h1-2,5H,3,6H2. The van der Waals surface area contributed by atoms with E-state index in [0.29, 0.717) is 6.61 Å². The van der Waals surface area contributed by atoms with Crippen LogP contribution in [0.25, 0.3) is 0 Å². The van der Waals surface area contributed by atoms with Gasteiger partial charge in [-0.3, -0.25) is 0 Å². The second-order valence-electron chi connectivity index (χ2n) is 1.62. The Labute approximate surface area is 49.0 Å². The molecule has 0 N–H and O–H groups in total. The van der Waals surface area contributed by atoms with Crippen LogP contribution in [-0.4, -0.2) is 6.61 Å². The third-order valence-corrected chi connectivity index (χ3v) is 0.968. The molecule has 1 aliphatic rings. The summed E-state index contributed by atoms with van der Waals surface area (Å²) in [6.45, 7) is 5.81. The zero-order valence-corrected chi connectivity index (χ0v) is 4.55. The Balaban J connectivity index is 2.47. The summed E-state index contributed by atoms with van der Waals surface area (Å²) in [4.78, 5) is 0. The average Bonchev–Trinajstić information content (AvgIpc) is 2.19. The van der Waals surface area contributed by atoms with E-state index in [2.05, 4.69) is 5.73 Å². The predicted octanol–water partition coefficient (Wildman–Crippen LogP) is 1.43. The summed E-state index contributed by atoms with van der Waals surface area (Å²) in [6, 6.07) is 0. The van der Waals surface area contributed by atoms with Crippen molar-refractivity contribution >= 4 is 0 Å². The molecule has 0 amide bonds. The molecule has 1 nitrogen and oxygen atoms in total. The van der Waals surface area contributed by atoms with Crippen LogP contribution in [0.1, 0.15) is 6.42 Å². The summed E-state index contributed by atoms with van der Waals surface area (Å²) in [5.41, 5.74) is 4.03. The van der Waals surface area contributed by atoms with Crippen molar-refractivity contribution in [2.45, 2.75) is 6.42 Å². The van der Waals surface area contributed by atoms with Gasteiger partial charge in [0.15, 0.2) is 0 Å². The highest BCUT2D eigenvalue weighted by atomic mass is 16.5. The van der Waals surface area contributed by atoms with E-state index in [4.69, 9.17) is 11.3 Å². The number of hydrogen-bond donors (Lipinski definition) is 0. The fourth-order valence-corrected chi connectivity index (χ4v) is 0.569.